The molecule has 1 atom stereocenters. The third-order valence-electron chi connectivity index (χ3n) is 4.24. The van der Waals surface area contributed by atoms with E-state index in [0.717, 1.165) is 19.3 Å². The smallest absolute Gasteiger partial charge is 0.245 e. The highest BCUT2D eigenvalue weighted by atomic mass is 16.5. The second-order valence-electron chi connectivity index (χ2n) is 5.85. The lowest BCUT2D eigenvalue weighted by atomic mass is 9.82. The molecule has 20 heavy (non-hydrogen) atoms. The van der Waals surface area contributed by atoms with Gasteiger partial charge in [-0.3, -0.25) is 9.59 Å². The SMILES string of the molecule is CC(NC(=O)C1(N)CCCCC1)C(=O)N1CCOCC1. The van der Waals surface area contributed by atoms with E-state index in [1.165, 1.54) is 0 Å². The Bertz CT molecular complexity index is 361. The number of nitrogens with two attached hydrogens (primary N) is 1. The summed E-state index contributed by atoms with van der Waals surface area (Å²) in [6.45, 7) is 4.03. The summed E-state index contributed by atoms with van der Waals surface area (Å²) in [5, 5.41) is 2.79. The van der Waals surface area contributed by atoms with Crippen molar-refractivity contribution in [3.8, 4) is 0 Å². The highest BCUT2D eigenvalue weighted by Crippen LogP contribution is 2.26. The third kappa shape index (κ3) is 3.49. The fourth-order valence-electron chi connectivity index (χ4n) is 2.87. The second-order valence-corrected chi connectivity index (χ2v) is 5.85. The van der Waals surface area contributed by atoms with Gasteiger partial charge in [0.05, 0.1) is 18.8 Å². The molecule has 2 fully saturated rings. The molecular formula is C14H25N3O3. The Balaban J connectivity index is 1.87. The van der Waals surface area contributed by atoms with Gasteiger partial charge in [0, 0.05) is 13.1 Å². The van der Waals surface area contributed by atoms with Gasteiger partial charge in [0.2, 0.25) is 11.8 Å². The summed E-state index contributed by atoms with van der Waals surface area (Å²) in [7, 11) is 0. The van der Waals surface area contributed by atoms with Crippen molar-refractivity contribution in [1.82, 2.24) is 10.2 Å². The van der Waals surface area contributed by atoms with Gasteiger partial charge in [-0.05, 0) is 19.8 Å². The fraction of sp³-hybridized carbons (Fsp3) is 0.857. The summed E-state index contributed by atoms with van der Waals surface area (Å²) >= 11 is 0. The minimum atomic E-state index is -0.794. The molecule has 1 saturated carbocycles. The van der Waals surface area contributed by atoms with E-state index in [9.17, 15) is 9.59 Å². The van der Waals surface area contributed by atoms with Crippen LogP contribution in [0.25, 0.3) is 0 Å². The summed E-state index contributed by atoms with van der Waals surface area (Å²) in [5.41, 5.74) is 5.38. The average molecular weight is 283 g/mol. The molecule has 6 nitrogen and oxygen atoms in total. The number of nitrogens with zero attached hydrogens (tertiary/aromatic N) is 1. The van der Waals surface area contributed by atoms with Gasteiger partial charge >= 0.3 is 0 Å². The monoisotopic (exact) mass is 283 g/mol. The number of carbonyl (C=O) groups excluding carboxylic acids is 2. The molecule has 0 aromatic rings. The highest BCUT2D eigenvalue weighted by molar-refractivity contribution is 5.91. The number of ether oxygens (including phenoxy) is 1. The molecule has 6 heteroatoms. The minimum Gasteiger partial charge on any atom is -0.378 e. The molecule has 2 rings (SSSR count). The zero-order valence-electron chi connectivity index (χ0n) is 12.2. The Hall–Kier alpha value is -1.14. The van der Waals surface area contributed by atoms with Gasteiger partial charge in [-0.1, -0.05) is 19.3 Å². The quantitative estimate of drug-likeness (QED) is 0.764. The van der Waals surface area contributed by atoms with Crippen LogP contribution in [0.2, 0.25) is 0 Å². The van der Waals surface area contributed by atoms with Crippen LogP contribution < -0.4 is 11.1 Å². The molecule has 2 amide bonds. The van der Waals surface area contributed by atoms with Crippen LogP contribution in [0, 0.1) is 0 Å². The summed E-state index contributed by atoms with van der Waals surface area (Å²) in [5.74, 6) is -0.243. The third-order valence-corrected chi connectivity index (χ3v) is 4.24. The highest BCUT2D eigenvalue weighted by Gasteiger charge is 2.37. The molecule has 1 heterocycles. The van der Waals surface area contributed by atoms with Crippen LogP contribution in [0.4, 0.5) is 0 Å². The normalized spacial score (nSPS) is 24.0. The van der Waals surface area contributed by atoms with Gasteiger partial charge in [-0.25, -0.2) is 0 Å². The Morgan fingerprint density at radius 2 is 1.80 bits per heavy atom. The molecule has 0 spiro atoms. The summed E-state index contributed by atoms with van der Waals surface area (Å²) in [4.78, 5) is 26.3. The Morgan fingerprint density at radius 1 is 1.20 bits per heavy atom. The summed E-state index contributed by atoms with van der Waals surface area (Å²) < 4.78 is 5.22. The number of morpholine rings is 1. The van der Waals surface area contributed by atoms with Gasteiger partial charge < -0.3 is 20.7 Å². The lowest BCUT2D eigenvalue weighted by Crippen LogP contribution is -2.59. The molecule has 0 aromatic heterocycles. The zero-order valence-corrected chi connectivity index (χ0v) is 12.2. The van der Waals surface area contributed by atoms with E-state index in [1.807, 2.05) is 0 Å². The van der Waals surface area contributed by atoms with Crippen molar-refractivity contribution in [3.05, 3.63) is 0 Å². The van der Waals surface area contributed by atoms with Crippen molar-refractivity contribution in [1.29, 1.82) is 0 Å². The first-order chi connectivity index (χ1) is 9.53. The molecule has 0 bridgehead atoms. The van der Waals surface area contributed by atoms with Crippen molar-refractivity contribution in [2.45, 2.75) is 50.6 Å². The van der Waals surface area contributed by atoms with Crippen LogP contribution in [-0.2, 0) is 14.3 Å². The van der Waals surface area contributed by atoms with Gasteiger partial charge in [-0.15, -0.1) is 0 Å². The van der Waals surface area contributed by atoms with Crippen molar-refractivity contribution in [2.75, 3.05) is 26.3 Å². The molecule has 114 valence electrons. The van der Waals surface area contributed by atoms with Gasteiger partial charge in [0.25, 0.3) is 0 Å². The number of nitrogens with one attached hydrogen (secondary N) is 1. The number of rotatable bonds is 3. The number of hydrogen-bond acceptors (Lipinski definition) is 4. The first-order valence-corrected chi connectivity index (χ1v) is 7.49. The molecule has 0 radical (unpaired) electrons. The second kappa shape index (κ2) is 6.54. The van der Waals surface area contributed by atoms with Crippen LogP contribution in [-0.4, -0.2) is 54.6 Å². The van der Waals surface area contributed by atoms with Crippen LogP contribution in [0.15, 0.2) is 0 Å². The maximum atomic E-state index is 12.3. The molecule has 1 aliphatic heterocycles. The summed E-state index contributed by atoms with van der Waals surface area (Å²) in [6.07, 6.45) is 4.51. The van der Waals surface area contributed by atoms with Gasteiger partial charge in [0.1, 0.15) is 6.04 Å². The Labute approximate surface area is 120 Å². The van der Waals surface area contributed by atoms with Gasteiger partial charge in [0.15, 0.2) is 0 Å². The Morgan fingerprint density at radius 3 is 2.40 bits per heavy atom. The van der Waals surface area contributed by atoms with E-state index < -0.39 is 11.6 Å². The standard InChI is InChI=1S/C14H25N3O3/c1-11(12(18)17-7-9-20-10-8-17)16-13(19)14(15)5-3-2-4-6-14/h11H,2-10,15H2,1H3,(H,16,19). The van der Waals surface area contributed by atoms with Crippen LogP contribution in [0.3, 0.4) is 0 Å². The lowest BCUT2D eigenvalue weighted by Gasteiger charge is -2.34. The average Bonchev–Trinajstić information content (AvgIpc) is 2.48. The molecule has 2 aliphatic rings. The van der Waals surface area contributed by atoms with E-state index in [4.69, 9.17) is 10.5 Å². The minimum absolute atomic E-state index is 0.0546. The molecule has 0 aromatic carbocycles. The number of hydrogen-bond donors (Lipinski definition) is 2. The summed E-state index contributed by atoms with van der Waals surface area (Å²) in [6, 6.07) is -0.525. The van der Waals surface area contributed by atoms with Crippen molar-refractivity contribution in [2.24, 2.45) is 5.73 Å². The van der Waals surface area contributed by atoms with Crippen molar-refractivity contribution >= 4 is 11.8 Å². The topological polar surface area (TPSA) is 84.7 Å². The molecule has 1 aliphatic carbocycles. The van der Waals surface area contributed by atoms with Crippen LogP contribution >= 0.6 is 0 Å². The van der Waals surface area contributed by atoms with Crippen molar-refractivity contribution < 1.29 is 14.3 Å². The van der Waals surface area contributed by atoms with E-state index in [1.54, 1.807) is 11.8 Å². The maximum absolute atomic E-state index is 12.3. The molecular weight excluding hydrogens is 258 g/mol. The van der Waals surface area contributed by atoms with Crippen molar-refractivity contribution in [3.63, 3.8) is 0 Å². The van der Waals surface area contributed by atoms with E-state index in [0.29, 0.717) is 39.1 Å². The number of amides is 2. The Kier molecular flexibility index (Phi) is 4.99. The maximum Gasteiger partial charge on any atom is 0.245 e. The lowest BCUT2D eigenvalue weighted by molar-refractivity contribution is -0.140. The van der Waals surface area contributed by atoms with Crippen LogP contribution in [0.5, 0.6) is 0 Å². The molecule has 3 N–H and O–H groups in total. The number of carbonyl (C=O) groups is 2. The van der Waals surface area contributed by atoms with E-state index in [-0.39, 0.29) is 11.8 Å². The first-order valence-electron chi connectivity index (χ1n) is 7.49. The first kappa shape index (κ1) is 15.3. The van der Waals surface area contributed by atoms with E-state index in [2.05, 4.69) is 5.32 Å². The van der Waals surface area contributed by atoms with E-state index >= 15 is 0 Å². The molecule has 1 saturated heterocycles. The van der Waals surface area contributed by atoms with Gasteiger partial charge in [-0.2, -0.15) is 0 Å². The zero-order chi connectivity index (χ0) is 14.6. The fourth-order valence-corrected chi connectivity index (χ4v) is 2.87. The van der Waals surface area contributed by atoms with Crippen LogP contribution in [0.1, 0.15) is 39.0 Å². The largest absolute Gasteiger partial charge is 0.378 e. The predicted molar refractivity (Wildman–Crippen MR) is 75.0 cm³/mol. The predicted octanol–water partition coefficient (Wildman–Crippen LogP) is 0.0115. The molecule has 1 unspecified atom stereocenters.